The van der Waals surface area contributed by atoms with Crippen molar-refractivity contribution in [3.63, 3.8) is 0 Å². The van der Waals surface area contributed by atoms with E-state index < -0.39 is 11.9 Å². The number of ether oxygens (including phenoxy) is 1. The van der Waals surface area contributed by atoms with Gasteiger partial charge in [0.25, 0.3) is 0 Å². The van der Waals surface area contributed by atoms with Gasteiger partial charge in [-0.05, 0) is 12.1 Å². The summed E-state index contributed by atoms with van der Waals surface area (Å²) >= 11 is 0. The van der Waals surface area contributed by atoms with Gasteiger partial charge in [-0.2, -0.15) is 0 Å². The Hall–Kier alpha value is -2.41. The number of hydrogen-bond acceptors (Lipinski definition) is 4. The molecule has 21 heavy (non-hydrogen) atoms. The van der Waals surface area contributed by atoms with E-state index in [0.717, 1.165) is 5.82 Å². The molecular formula is C14H17N3O4. The van der Waals surface area contributed by atoms with Crippen LogP contribution in [0.15, 0.2) is 18.2 Å². The number of aromatic carboxylic acids is 1. The minimum atomic E-state index is -0.998. The van der Waals surface area contributed by atoms with Crippen LogP contribution in [0.5, 0.6) is 0 Å². The van der Waals surface area contributed by atoms with Gasteiger partial charge in [0.05, 0.1) is 23.2 Å². The molecule has 112 valence electrons. The third-order valence-corrected chi connectivity index (χ3v) is 3.10. The lowest BCUT2D eigenvalue weighted by molar-refractivity contribution is -0.122. The monoisotopic (exact) mass is 291 g/mol. The van der Waals surface area contributed by atoms with Crippen LogP contribution in [-0.4, -0.2) is 39.7 Å². The summed E-state index contributed by atoms with van der Waals surface area (Å²) < 4.78 is 6.97. The summed E-state index contributed by atoms with van der Waals surface area (Å²) in [5.74, 6) is -0.753. The van der Waals surface area contributed by atoms with Crippen molar-refractivity contribution in [1.29, 1.82) is 0 Å². The number of fused-ring (bicyclic) bond motifs is 1. The van der Waals surface area contributed by atoms with Crippen molar-refractivity contribution in [2.45, 2.75) is 19.9 Å². The van der Waals surface area contributed by atoms with Crippen LogP contribution in [0.4, 0.5) is 0 Å². The molecule has 0 aliphatic carbocycles. The van der Waals surface area contributed by atoms with E-state index in [1.165, 1.54) is 0 Å². The number of para-hydroxylation sites is 1. The van der Waals surface area contributed by atoms with Crippen LogP contribution in [0.3, 0.4) is 0 Å². The van der Waals surface area contributed by atoms with Crippen molar-refractivity contribution >= 4 is 22.9 Å². The normalized spacial score (nSPS) is 10.9. The molecule has 2 aromatic rings. The SMILES string of the molecule is CCc1nc2cccc(C(=O)O)c2n1CCOCC(N)=O. The summed E-state index contributed by atoms with van der Waals surface area (Å²) in [5, 5.41) is 9.30. The molecule has 1 amide bonds. The van der Waals surface area contributed by atoms with Crippen LogP contribution >= 0.6 is 0 Å². The fourth-order valence-electron chi connectivity index (χ4n) is 2.25. The molecule has 7 heteroatoms. The summed E-state index contributed by atoms with van der Waals surface area (Å²) in [7, 11) is 0. The molecule has 0 bridgehead atoms. The van der Waals surface area contributed by atoms with Gasteiger partial charge >= 0.3 is 5.97 Å². The summed E-state index contributed by atoms with van der Waals surface area (Å²) in [6.07, 6.45) is 0.670. The lowest BCUT2D eigenvalue weighted by atomic mass is 10.2. The van der Waals surface area contributed by atoms with Gasteiger partial charge in [-0.1, -0.05) is 13.0 Å². The molecule has 0 unspecified atom stereocenters. The Labute approximate surface area is 121 Å². The van der Waals surface area contributed by atoms with Crippen LogP contribution in [-0.2, 0) is 22.5 Å². The number of benzene rings is 1. The van der Waals surface area contributed by atoms with Crippen molar-refractivity contribution in [3.8, 4) is 0 Å². The third-order valence-electron chi connectivity index (χ3n) is 3.10. The van der Waals surface area contributed by atoms with E-state index in [2.05, 4.69) is 4.98 Å². The van der Waals surface area contributed by atoms with E-state index in [4.69, 9.17) is 10.5 Å². The number of aromatic nitrogens is 2. The number of amides is 1. The Bertz CT molecular complexity index is 678. The van der Waals surface area contributed by atoms with E-state index >= 15 is 0 Å². The molecular weight excluding hydrogens is 274 g/mol. The number of carbonyl (C=O) groups is 2. The van der Waals surface area contributed by atoms with E-state index in [9.17, 15) is 14.7 Å². The van der Waals surface area contributed by atoms with Gasteiger partial charge in [0.2, 0.25) is 5.91 Å². The first-order chi connectivity index (χ1) is 10.0. The van der Waals surface area contributed by atoms with Gasteiger partial charge in [-0.25, -0.2) is 9.78 Å². The quantitative estimate of drug-likeness (QED) is 0.734. The lowest BCUT2D eigenvalue weighted by Gasteiger charge is -2.09. The fraction of sp³-hybridized carbons (Fsp3) is 0.357. The molecule has 0 radical (unpaired) electrons. The van der Waals surface area contributed by atoms with Crippen molar-refractivity contribution < 1.29 is 19.4 Å². The van der Waals surface area contributed by atoms with E-state index in [0.29, 0.717) is 24.0 Å². The standard InChI is InChI=1S/C14H17N3O4/c1-2-12-16-10-5-3-4-9(14(19)20)13(10)17(12)6-7-21-8-11(15)18/h3-5H,2,6-8H2,1H3,(H2,15,18)(H,19,20). The summed E-state index contributed by atoms with van der Waals surface area (Å²) in [6, 6.07) is 5.00. The van der Waals surface area contributed by atoms with Crippen molar-refractivity contribution in [2.75, 3.05) is 13.2 Å². The summed E-state index contributed by atoms with van der Waals surface area (Å²) in [5.41, 5.74) is 6.42. The Kier molecular flexibility index (Phi) is 4.54. The second-order valence-electron chi connectivity index (χ2n) is 4.53. The lowest BCUT2D eigenvalue weighted by Crippen LogP contribution is -2.20. The average Bonchev–Trinajstić information content (AvgIpc) is 2.81. The molecule has 1 aromatic carbocycles. The van der Waals surface area contributed by atoms with Crippen LogP contribution < -0.4 is 5.73 Å². The number of rotatable bonds is 7. The molecule has 3 N–H and O–H groups in total. The molecule has 0 fully saturated rings. The molecule has 0 saturated carbocycles. The van der Waals surface area contributed by atoms with Crippen LogP contribution in [0.25, 0.3) is 11.0 Å². The average molecular weight is 291 g/mol. The largest absolute Gasteiger partial charge is 0.478 e. The Morgan fingerprint density at radius 1 is 1.43 bits per heavy atom. The molecule has 0 saturated heterocycles. The highest BCUT2D eigenvalue weighted by Gasteiger charge is 2.16. The molecule has 0 aliphatic rings. The Balaban J connectivity index is 2.35. The van der Waals surface area contributed by atoms with Crippen LogP contribution in [0.1, 0.15) is 23.1 Å². The number of nitrogens with zero attached hydrogens (tertiary/aromatic N) is 2. The number of hydrogen-bond donors (Lipinski definition) is 2. The number of primary amides is 1. The van der Waals surface area contributed by atoms with E-state index in [1.807, 2.05) is 11.5 Å². The zero-order chi connectivity index (χ0) is 15.4. The molecule has 0 spiro atoms. The number of carbonyl (C=O) groups excluding carboxylic acids is 1. The highest BCUT2D eigenvalue weighted by Crippen LogP contribution is 2.21. The number of carboxylic acid groups (broad SMARTS) is 1. The number of nitrogens with two attached hydrogens (primary N) is 1. The molecule has 0 atom stereocenters. The van der Waals surface area contributed by atoms with Gasteiger partial charge in [-0.15, -0.1) is 0 Å². The Morgan fingerprint density at radius 2 is 2.19 bits per heavy atom. The minimum Gasteiger partial charge on any atom is -0.478 e. The van der Waals surface area contributed by atoms with Gasteiger partial charge in [0.15, 0.2) is 0 Å². The molecule has 0 aliphatic heterocycles. The van der Waals surface area contributed by atoms with E-state index in [1.54, 1.807) is 18.2 Å². The first-order valence-electron chi connectivity index (χ1n) is 6.62. The predicted octanol–water partition coefficient (Wildman–Crippen LogP) is 0.799. The highest BCUT2D eigenvalue weighted by atomic mass is 16.5. The van der Waals surface area contributed by atoms with Gasteiger partial charge in [0, 0.05) is 13.0 Å². The third kappa shape index (κ3) is 3.19. The number of imidazole rings is 1. The number of carboxylic acids is 1. The second-order valence-corrected chi connectivity index (χ2v) is 4.53. The van der Waals surface area contributed by atoms with Gasteiger partial charge in [-0.3, -0.25) is 4.79 Å². The maximum Gasteiger partial charge on any atom is 0.337 e. The second kappa shape index (κ2) is 6.36. The Morgan fingerprint density at radius 3 is 2.81 bits per heavy atom. The van der Waals surface area contributed by atoms with Crippen LogP contribution in [0.2, 0.25) is 0 Å². The smallest absolute Gasteiger partial charge is 0.337 e. The molecule has 2 rings (SSSR count). The topological polar surface area (TPSA) is 107 Å². The zero-order valence-corrected chi connectivity index (χ0v) is 11.7. The molecule has 7 nitrogen and oxygen atoms in total. The summed E-state index contributed by atoms with van der Waals surface area (Å²) in [6.45, 7) is 2.47. The van der Waals surface area contributed by atoms with Crippen molar-refractivity contribution in [2.24, 2.45) is 5.73 Å². The first kappa shape index (κ1) is 15.0. The van der Waals surface area contributed by atoms with Gasteiger partial charge in [0.1, 0.15) is 12.4 Å². The first-order valence-corrected chi connectivity index (χ1v) is 6.62. The number of aryl methyl sites for hydroxylation is 1. The zero-order valence-electron chi connectivity index (χ0n) is 11.7. The fourth-order valence-corrected chi connectivity index (χ4v) is 2.25. The van der Waals surface area contributed by atoms with E-state index in [-0.39, 0.29) is 18.8 Å². The maximum atomic E-state index is 11.4. The molecule has 1 aromatic heterocycles. The van der Waals surface area contributed by atoms with Crippen LogP contribution in [0, 0.1) is 0 Å². The predicted molar refractivity (Wildman–Crippen MR) is 76.1 cm³/mol. The summed E-state index contributed by atoms with van der Waals surface area (Å²) in [4.78, 5) is 26.4. The molecule has 1 heterocycles. The minimum absolute atomic E-state index is 0.153. The highest BCUT2D eigenvalue weighted by molar-refractivity contribution is 6.01. The van der Waals surface area contributed by atoms with Gasteiger partial charge < -0.3 is 20.1 Å². The van der Waals surface area contributed by atoms with Crippen molar-refractivity contribution in [1.82, 2.24) is 9.55 Å². The van der Waals surface area contributed by atoms with Crippen molar-refractivity contribution in [3.05, 3.63) is 29.6 Å². The maximum absolute atomic E-state index is 11.4.